The SMILES string of the molecule is C=C1CC(CCC(CC)C(CC)CCC)CC(C/C=C/C=C(\C)Cc2cc(C)c(C)c(CC)c2)N1. The molecule has 1 N–H and O–H groups in total. The Morgan fingerprint density at radius 2 is 1.80 bits per heavy atom. The fourth-order valence-corrected chi connectivity index (χ4v) is 6.32. The van der Waals surface area contributed by atoms with E-state index >= 15 is 0 Å². The standard InChI is InChI=1S/C34H55N/c1-9-15-31(10-2)32(11-3)19-18-29-22-27(7)35-34(24-29)17-14-13-16-25(5)20-30-21-26(6)28(8)33(12-4)23-30/h13-14,16,21,23,29,31-32,34-35H,7,9-12,15,17-20,22,24H2,1-6,8H3/b14-13+,25-16+. The van der Waals surface area contributed by atoms with Gasteiger partial charge in [0.25, 0.3) is 0 Å². The number of piperidine rings is 1. The first kappa shape index (κ1) is 29.5. The van der Waals surface area contributed by atoms with Crippen molar-refractivity contribution in [1.82, 2.24) is 5.32 Å². The van der Waals surface area contributed by atoms with Crippen LogP contribution >= 0.6 is 0 Å². The predicted molar refractivity (Wildman–Crippen MR) is 157 cm³/mol. The molecular weight excluding hydrogens is 422 g/mol. The van der Waals surface area contributed by atoms with Gasteiger partial charge in [0.15, 0.2) is 0 Å². The molecule has 0 aliphatic carbocycles. The van der Waals surface area contributed by atoms with E-state index < -0.39 is 0 Å². The van der Waals surface area contributed by atoms with Crippen LogP contribution in [0.15, 0.2) is 48.2 Å². The molecule has 1 heteroatoms. The molecule has 4 unspecified atom stereocenters. The van der Waals surface area contributed by atoms with Gasteiger partial charge < -0.3 is 5.32 Å². The minimum atomic E-state index is 0.538. The molecule has 0 saturated carbocycles. The number of rotatable bonds is 14. The summed E-state index contributed by atoms with van der Waals surface area (Å²) in [4.78, 5) is 0. The summed E-state index contributed by atoms with van der Waals surface area (Å²) in [6.07, 6.45) is 20.8. The van der Waals surface area contributed by atoms with Crippen molar-refractivity contribution >= 4 is 0 Å². The molecule has 0 bridgehead atoms. The van der Waals surface area contributed by atoms with Crippen molar-refractivity contribution in [3.05, 3.63) is 70.5 Å². The molecule has 2 rings (SSSR count). The molecule has 1 fully saturated rings. The Morgan fingerprint density at radius 1 is 1.09 bits per heavy atom. The largest absolute Gasteiger partial charge is 0.386 e. The van der Waals surface area contributed by atoms with Crippen LogP contribution in [0.2, 0.25) is 0 Å². The van der Waals surface area contributed by atoms with Gasteiger partial charge in [-0.05, 0) is 106 Å². The summed E-state index contributed by atoms with van der Waals surface area (Å²) >= 11 is 0. The summed E-state index contributed by atoms with van der Waals surface area (Å²) in [6, 6.07) is 5.30. The lowest BCUT2D eigenvalue weighted by Crippen LogP contribution is -2.36. The van der Waals surface area contributed by atoms with Crippen molar-refractivity contribution in [3.63, 3.8) is 0 Å². The van der Waals surface area contributed by atoms with E-state index in [4.69, 9.17) is 0 Å². The van der Waals surface area contributed by atoms with Gasteiger partial charge >= 0.3 is 0 Å². The van der Waals surface area contributed by atoms with Crippen molar-refractivity contribution in [2.75, 3.05) is 0 Å². The number of hydrogen-bond acceptors (Lipinski definition) is 1. The zero-order chi connectivity index (χ0) is 25.8. The quantitative estimate of drug-likeness (QED) is 0.263. The van der Waals surface area contributed by atoms with Crippen LogP contribution in [0.1, 0.15) is 115 Å². The van der Waals surface area contributed by atoms with Gasteiger partial charge in [-0.25, -0.2) is 0 Å². The molecule has 0 amide bonds. The van der Waals surface area contributed by atoms with Crippen LogP contribution in [0.25, 0.3) is 0 Å². The maximum atomic E-state index is 4.33. The molecule has 0 radical (unpaired) electrons. The van der Waals surface area contributed by atoms with Gasteiger partial charge in [-0.15, -0.1) is 0 Å². The maximum absolute atomic E-state index is 4.33. The molecular formula is C34H55N. The highest BCUT2D eigenvalue weighted by Crippen LogP contribution is 2.33. The summed E-state index contributed by atoms with van der Waals surface area (Å²) in [5, 5.41) is 3.69. The third-order valence-electron chi connectivity index (χ3n) is 8.52. The van der Waals surface area contributed by atoms with Gasteiger partial charge in [-0.2, -0.15) is 0 Å². The summed E-state index contributed by atoms with van der Waals surface area (Å²) in [5.74, 6) is 2.62. The average Bonchev–Trinajstić information content (AvgIpc) is 2.83. The zero-order valence-electron chi connectivity index (χ0n) is 24.2. The predicted octanol–water partition coefficient (Wildman–Crippen LogP) is 9.82. The van der Waals surface area contributed by atoms with Gasteiger partial charge in [-0.1, -0.05) is 95.9 Å². The van der Waals surface area contributed by atoms with E-state index in [0.717, 1.165) is 43.4 Å². The minimum Gasteiger partial charge on any atom is -0.386 e. The van der Waals surface area contributed by atoms with Gasteiger partial charge in [-0.3, -0.25) is 0 Å². The Kier molecular flexibility index (Phi) is 12.9. The van der Waals surface area contributed by atoms with E-state index in [9.17, 15) is 0 Å². The third kappa shape index (κ3) is 9.66. The first-order chi connectivity index (χ1) is 16.8. The maximum Gasteiger partial charge on any atom is 0.0295 e. The van der Waals surface area contributed by atoms with E-state index in [1.54, 1.807) is 0 Å². The van der Waals surface area contributed by atoms with Gasteiger partial charge in [0, 0.05) is 11.7 Å². The normalized spacial score (nSPS) is 20.8. The van der Waals surface area contributed by atoms with E-state index in [1.165, 1.54) is 78.5 Å². The molecule has 1 aromatic rings. The fourth-order valence-electron chi connectivity index (χ4n) is 6.32. The van der Waals surface area contributed by atoms with Crippen LogP contribution in [0.4, 0.5) is 0 Å². The van der Waals surface area contributed by atoms with Crippen molar-refractivity contribution in [2.45, 2.75) is 125 Å². The molecule has 1 heterocycles. The van der Waals surface area contributed by atoms with Gasteiger partial charge in [0.05, 0.1) is 0 Å². The molecule has 0 aromatic heterocycles. The highest BCUT2D eigenvalue weighted by molar-refractivity contribution is 5.39. The highest BCUT2D eigenvalue weighted by atomic mass is 14.9. The van der Waals surface area contributed by atoms with Crippen LogP contribution < -0.4 is 5.32 Å². The van der Waals surface area contributed by atoms with Gasteiger partial charge in [0.1, 0.15) is 0 Å². The van der Waals surface area contributed by atoms with Crippen molar-refractivity contribution in [1.29, 1.82) is 0 Å². The average molecular weight is 478 g/mol. The number of hydrogen-bond donors (Lipinski definition) is 1. The number of benzene rings is 1. The van der Waals surface area contributed by atoms with Crippen LogP contribution in [0, 0.1) is 31.6 Å². The zero-order valence-corrected chi connectivity index (χ0v) is 24.2. The van der Waals surface area contributed by atoms with Crippen molar-refractivity contribution < 1.29 is 0 Å². The number of allylic oxidation sites excluding steroid dienone is 4. The molecule has 1 nitrogen and oxygen atoms in total. The smallest absolute Gasteiger partial charge is 0.0295 e. The Balaban J connectivity index is 1.86. The summed E-state index contributed by atoms with van der Waals surface area (Å²) < 4.78 is 0. The Labute approximate surface area is 218 Å². The minimum absolute atomic E-state index is 0.538. The third-order valence-corrected chi connectivity index (χ3v) is 8.52. The lowest BCUT2D eigenvalue weighted by molar-refractivity contribution is 0.237. The van der Waals surface area contributed by atoms with E-state index in [2.05, 4.69) is 90.7 Å². The Morgan fingerprint density at radius 3 is 2.46 bits per heavy atom. The molecule has 1 saturated heterocycles. The Bertz CT molecular complexity index is 842. The second kappa shape index (κ2) is 15.4. The second-order valence-corrected chi connectivity index (χ2v) is 11.4. The topological polar surface area (TPSA) is 12.0 Å². The van der Waals surface area contributed by atoms with E-state index in [-0.39, 0.29) is 0 Å². The molecule has 1 aliphatic heterocycles. The highest BCUT2D eigenvalue weighted by Gasteiger charge is 2.25. The van der Waals surface area contributed by atoms with Gasteiger partial charge in [0.2, 0.25) is 0 Å². The van der Waals surface area contributed by atoms with Crippen LogP contribution in [0.5, 0.6) is 0 Å². The first-order valence-electron chi connectivity index (χ1n) is 14.7. The lowest BCUT2D eigenvalue weighted by Gasteiger charge is -2.34. The molecule has 4 atom stereocenters. The monoisotopic (exact) mass is 477 g/mol. The molecule has 0 spiro atoms. The second-order valence-electron chi connectivity index (χ2n) is 11.4. The molecule has 196 valence electrons. The molecule has 1 aromatic carbocycles. The summed E-state index contributed by atoms with van der Waals surface area (Å²) in [7, 11) is 0. The molecule has 35 heavy (non-hydrogen) atoms. The van der Waals surface area contributed by atoms with Crippen LogP contribution in [0.3, 0.4) is 0 Å². The first-order valence-corrected chi connectivity index (χ1v) is 14.7. The summed E-state index contributed by atoms with van der Waals surface area (Å²) in [5.41, 5.74) is 8.47. The van der Waals surface area contributed by atoms with Crippen LogP contribution in [-0.4, -0.2) is 6.04 Å². The van der Waals surface area contributed by atoms with E-state index in [0.29, 0.717) is 6.04 Å². The lowest BCUT2D eigenvalue weighted by atomic mass is 9.78. The van der Waals surface area contributed by atoms with Crippen LogP contribution in [-0.2, 0) is 12.8 Å². The van der Waals surface area contributed by atoms with E-state index in [1.807, 2.05) is 0 Å². The molecule has 1 aliphatic rings. The summed E-state index contributed by atoms with van der Waals surface area (Å²) in [6.45, 7) is 20.5. The van der Waals surface area contributed by atoms with Crippen molar-refractivity contribution in [3.8, 4) is 0 Å². The number of aryl methyl sites for hydroxylation is 2. The fraction of sp³-hybridized carbons (Fsp3) is 0.647. The number of nitrogens with one attached hydrogen (secondary N) is 1. The Hall–Kier alpha value is -1.76. The van der Waals surface area contributed by atoms with Crippen molar-refractivity contribution in [2.24, 2.45) is 17.8 Å².